The Labute approximate surface area is 149 Å². The smallest absolute Gasteiger partial charge is 0.317 e. The topological polar surface area (TPSA) is 65.0 Å². The van der Waals surface area contributed by atoms with Crippen LogP contribution in [0.15, 0.2) is 12.1 Å². The maximum atomic E-state index is 12.5. The number of fused-ring (bicyclic) bond motifs is 1. The van der Waals surface area contributed by atoms with Crippen molar-refractivity contribution in [3.63, 3.8) is 0 Å². The predicted molar refractivity (Wildman–Crippen MR) is 97.0 cm³/mol. The van der Waals surface area contributed by atoms with E-state index in [1.807, 2.05) is 30.9 Å². The molecule has 2 heterocycles. The first-order valence-corrected chi connectivity index (χ1v) is 9.09. The van der Waals surface area contributed by atoms with Crippen molar-refractivity contribution >= 4 is 6.03 Å². The molecule has 6 nitrogen and oxygen atoms in total. The Kier molecular flexibility index (Phi) is 5.49. The lowest BCUT2D eigenvalue weighted by atomic mass is 9.99. The molecular formula is C19H29N3O3. The highest BCUT2D eigenvalue weighted by atomic mass is 16.5. The zero-order valence-electron chi connectivity index (χ0n) is 15.4. The number of aromatic hydroxyl groups is 1. The average molecular weight is 347 g/mol. The van der Waals surface area contributed by atoms with E-state index in [9.17, 15) is 9.90 Å². The van der Waals surface area contributed by atoms with Gasteiger partial charge in [-0.1, -0.05) is 12.1 Å². The third-order valence-electron chi connectivity index (χ3n) is 5.39. The summed E-state index contributed by atoms with van der Waals surface area (Å²) in [4.78, 5) is 16.7. The van der Waals surface area contributed by atoms with Crippen LogP contribution in [0.25, 0.3) is 0 Å². The average Bonchev–Trinajstić information content (AvgIpc) is 2.59. The minimum Gasteiger partial charge on any atom is -0.507 e. The van der Waals surface area contributed by atoms with Crippen LogP contribution in [0.1, 0.15) is 23.1 Å². The number of hydrogen-bond acceptors (Lipinski definition) is 4. The number of morpholine rings is 1. The van der Waals surface area contributed by atoms with E-state index < -0.39 is 0 Å². The Morgan fingerprint density at radius 3 is 2.76 bits per heavy atom. The Morgan fingerprint density at radius 2 is 2.04 bits per heavy atom. The number of phenolic OH excluding ortho intramolecular Hbond substituents is 1. The van der Waals surface area contributed by atoms with Gasteiger partial charge in [0.1, 0.15) is 5.75 Å². The molecule has 2 fully saturated rings. The van der Waals surface area contributed by atoms with Crippen LogP contribution in [0.2, 0.25) is 0 Å². The summed E-state index contributed by atoms with van der Waals surface area (Å²) in [5.41, 5.74) is 2.89. The second-order valence-corrected chi connectivity index (χ2v) is 7.25. The number of carbonyl (C=O) groups excluding carboxylic acids is 1. The quantitative estimate of drug-likeness (QED) is 0.873. The van der Waals surface area contributed by atoms with Crippen molar-refractivity contribution in [3.05, 3.63) is 28.8 Å². The van der Waals surface area contributed by atoms with Gasteiger partial charge in [0, 0.05) is 26.2 Å². The molecule has 0 spiro atoms. The molecule has 2 amide bonds. The molecule has 2 saturated heterocycles. The number of nitrogens with zero attached hydrogens (tertiary/aromatic N) is 2. The van der Waals surface area contributed by atoms with Gasteiger partial charge in [-0.05, 0) is 50.4 Å². The van der Waals surface area contributed by atoms with Gasteiger partial charge in [0.15, 0.2) is 0 Å². The van der Waals surface area contributed by atoms with Crippen LogP contribution in [0.3, 0.4) is 0 Å². The summed E-state index contributed by atoms with van der Waals surface area (Å²) in [7, 11) is 2.11. The summed E-state index contributed by atoms with van der Waals surface area (Å²) in [5, 5.41) is 12.9. The minimum atomic E-state index is 0.00430. The van der Waals surface area contributed by atoms with Crippen molar-refractivity contribution in [1.82, 2.24) is 15.1 Å². The van der Waals surface area contributed by atoms with Gasteiger partial charge < -0.3 is 20.1 Å². The van der Waals surface area contributed by atoms with Crippen LogP contribution in [0, 0.1) is 13.8 Å². The van der Waals surface area contributed by atoms with Gasteiger partial charge in [0.05, 0.1) is 18.8 Å². The third-order valence-corrected chi connectivity index (χ3v) is 5.39. The molecule has 3 rings (SSSR count). The van der Waals surface area contributed by atoms with Crippen molar-refractivity contribution in [2.24, 2.45) is 0 Å². The van der Waals surface area contributed by atoms with Gasteiger partial charge in [-0.3, -0.25) is 4.90 Å². The maximum absolute atomic E-state index is 12.5. The molecule has 138 valence electrons. The summed E-state index contributed by atoms with van der Waals surface area (Å²) in [6.45, 7) is 7.59. The molecule has 0 saturated carbocycles. The fourth-order valence-corrected chi connectivity index (χ4v) is 3.84. The molecule has 0 aliphatic carbocycles. The van der Waals surface area contributed by atoms with Crippen molar-refractivity contribution in [2.75, 3.05) is 39.8 Å². The number of piperidine rings is 1. The molecule has 25 heavy (non-hydrogen) atoms. The maximum Gasteiger partial charge on any atom is 0.317 e. The van der Waals surface area contributed by atoms with Crippen molar-refractivity contribution < 1.29 is 14.6 Å². The number of carbonyl (C=O) groups is 1. The lowest BCUT2D eigenvalue weighted by Gasteiger charge is -2.45. The van der Waals surface area contributed by atoms with E-state index in [1.165, 1.54) is 0 Å². The van der Waals surface area contributed by atoms with Gasteiger partial charge >= 0.3 is 6.03 Å². The Bertz CT molecular complexity index is 611. The lowest BCUT2D eigenvalue weighted by Crippen LogP contribution is -2.60. The van der Waals surface area contributed by atoms with Gasteiger partial charge in [0.25, 0.3) is 0 Å². The number of nitrogens with one attached hydrogen (secondary N) is 1. The first kappa shape index (κ1) is 18.0. The molecule has 2 atom stereocenters. The molecular weight excluding hydrogens is 318 g/mol. The molecule has 2 aliphatic rings. The molecule has 0 bridgehead atoms. The summed E-state index contributed by atoms with van der Waals surface area (Å²) in [6.07, 6.45) is 1.92. The van der Waals surface area contributed by atoms with E-state index in [2.05, 4.69) is 17.3 Å². The Balaban J connectivity index is 1.49. The number of likely N-dealkylation sites (N-methyl/N-ethyl adjacent to an activating group) is 1. The second-order valence-electron chi connectivity index (χ2n) is 7.25. The van der Waals surface area contributed by atoms with E-state index in [0.717, 1.165) is 55.8 Å². The molecule has 2 N–H and O–H groups in total. The second kappa shape index (κ2) is 7.62. The Morgan fingerprint density at radius 1 is 1.32 bits per heavy atom. The first-order chi connectivity index (χ1) is 12.0. The lowest BCUT2D eigenvalue weighted by molar-refractivity contribution is -0.0881. The number of rotatable bonds is 3. The van der Waals surface area contributed by atoms with Crippen LogP contribution < -0.4 is 5.32 Å². The van der Waals surface area contributed by atoms with Crippen molar-refractivity contribution in [1.29, 1.82) is 0 Å². The van der Waals surface area contributed by atoms with Crippen LogP contribution in [0.4, 0.5) is 4.79 Å². The number of hydrogen-bond donors (Lipinski definition) is 2. The van der Waals surface area contributed by atoms with E-state index in [-0.39, 0.29) is 12.1 Å². The predicted octanol–water partition coefficient (Wildman–Crippen LogP) is 1.67. The Hall–Kier alpha value is -1.79. The fraction of sp³-hybridized carbons (Fsp3) is 0.632. The zero-order chi connectivity index (χ0) is 18.0. The minimum absolute atomic E-state index is 0.00430. The molecule has 1 aromatic carbocycles. The number of phenols is 1. The highest BCUT2D eigenvalue weighted by molar-refractivity contribution is 5.74. The molecule has 2 aliphatic heterocycles. The molecule has 0 radical (unpaired) electrons. The van der Waals surface area contributed by atoms with Gasteiger partial charge in [-0.25, -0.2) is 4.79 Å². The molecule has 6 heteroatoms. The monoisotopic (exact) mass is 347 g/mol. The number of benzene rings is 1. The van der Waals surface area contributed by atoms with E-state index in [4.69, 9.17) is 4.74 Å². The standard InChI is InChI=1S/C19H29N3O3/c1-13-10-15(11-14(2)18(13)23)4-6-20-19(24)22-7-5-17-16(12-22)21(3)8-9-25-17/h10-11,16-17,23H,4-9,12H2,1-3H3,(H,20,24)/t16-,17+/m0/s1. The summed E-state index contributed by atoms with van der Waals surface area (Å²) in [5.74, 6) is 0.356. The van der Waals surface area contributed by atoms with Crippen LogP contribution in [-0.4, -0.2) is 72.9 Å². The summed E-state index contributed by atoms with van der Waals surface area (Å²) in [6, 6.07) is 4.27. The highest BCUT2D eigenvalue weighted by Crippen LogP contribution is 2.23. The number of amides is 2. The molecule has 0 unspecified atom stereocenters. The fourth-order valence-electron chi connectivity index (χ4n) is 3.84. The normalized spacial score (nSPS) is 24.0. The zero-order valence-corrected chi connectivity index (χ0v) is 15.4. The van der Waals surface area contributed by atoms with Crippen LogP contribution >= 0.6 is 0 Å². The number of urea groups is 1. The van der Waals surface area contributed by atoms with Crippen molar-refractivity contribution in [2.45, 2.75) is 38.8 Å². The third kappa shape index (κ3) is 4.07. The molecule has 0 aromatic heterocycles. The van der Waals surface area contributed by atoms with Gasteiger partial charge in [-0.15, -0.1) is 0 Å². The van der Waals surface area contributed by atoms with E-state index >= 15 is 0 Å². The van der Waals surface area contributed by atoms with Gasteiger partial charge in [-0.2, -0.15) is 0 Å². The van der Waals surface area contributed by atoms with E-state index in [1.54, 1.807) is 0 Å². The largest absolute Gasteiger partial charge is 0.507 e. The molecule has 1 aromatic rings. The van der Waals surface area contributed by atoms with E-state index in [0.29, 0.717) is 18.3 Å². The van der Waals surface area contributed by atoms with Crippen LogP contribution in [-0.2, 0) is 11.2 Å². The summed E-state index contributed by atoms with van der Waals surface area (Å²) < 4.78 is 5.83. The summed E-state index contributed by atoms with van der Waals surface area (Å²) >= 11 is 0. The van der Waals surface area contributed by atoms with Gasteiger partial charge in [0.2, 0.25) is 0 Å². The van der Waals surface area contributed by atoms with Crippen molar-refractivity contribution in [3.8, 4) is 5.75 Å². The van der Waals surface area contributed by atoms with Crippen LogP contribution in [0.5, 0.6) is 5.75 Å². The number of aryl methyl sites for hydroxylation is 2. The number of likely N-dealkylation sites (tertiary alicyclic amines) is 1. The first-order valence-electron chi connectivity index (χ1n) is 9.09. The SMILES string of the molecule is Cc1cc(CCNC(=O)N2CC[C@H]3OCCN(C)[C@H]3C2)cc(C)c1O. The highest BCUT2D eigenvalue weighted by Gasteiger charge is 2.36. The number of ether oxygens (including phenoxy) is 1.